The molecule has 0 atom stereocenters. The zero-order chi connectivity index (χ0) is 11.9. The molecule has 17 heavy (non-hydrogen) atoms. The maximum atomic E-state index is 9.16. The standard InChI is InChI=1S/C13H21N3O/c17-10-9-16(12-5-2-1-3-6-12)11-13-14-7-4-8-15-13/h4,7-8,12,17H,1-3,5-6,9-11H2. The molecule has 0 spiro atoms. The summed E-state index contributed by atoms with van der Waals surface area (Å²) in [6, 6.07) is 2.43. The Balaban J connectivity index is 1.96. The quantitative estimate of drug-likeness (QED) is 0.842. The van der Waals surface area contributed by atoms with Crippen LogP contribution >= 0.6 is 0 Å². The van der Waals surface area contributed by atoms with Crippen molar-refractivity contribution in [2.45, 2.75) is 44.7 Å². The SMILES string of the molecule is OCCN(Cc1ncccn1)C1CCCCC1. The Morgan fingerprint density at radius 2 is 1.88 bits per heavy atom. The number of nitrogens with zero attached hydrogens (tertiary/aromatic N) is 3. The summed E-state index contributed by atoms with van der Waals surface area (Å²) in [4.78, 5) is 10.9. The Bertz CT molecular complexity index is 312. The third-order valence-corrected chi connectivity index (χ3v) is 3.44. The predicted molar refractivity (Wildman–Crippen MR) is 66.4 cm³/mol. The number of aliphatic hydroxyl groups is 1. The predicted octanol–water partition coefficient (Wildman–Crippen LogP) is 1.60. The van der Waals surface area contributed by atoms with Gasteiger partial charge in [0, 0.05) is 25.0 Å². The second-order valence-corrected chi connectivity index (χ2v) is 4.65. The number of hydrogen-bond donors (Lipinski definition) is 1. The molecule has 1 aromatic rings. The first-order chi connectivity index (χ1) is 8.40. The van der Waals surface area contributed by atoms with Crippen molar-refractivity contribution in [1.29, 1.82) is 0 Å². The summed E-state index contributed by atoms with van der Waals surface area (Å²) in [6.07, 6.45) is 10.0. The van der Waals surface area contributed by atoms with Gasteiger partial charge in [0.15, 0.2) is 0 Å². The van der Waals surface area contributed by atoms with Gasteiger partial charge >= 0.3 is 0 Å². The van der Waals surface area contributed by atoms with Gasteiger partial charge in [-0.25, -0.2) is 9.97 Å². The van der Waals surface area contributed by atoms with E-state index in [1.165, 1.54) is 32.1 Å². The molecule has 1 fully saturated rings. The van der Waals surface area contributed by atoms with Crippen LogP contribution in [0.5, 0.6) is 0 Å². The largest absolute Gasteiger partial charge is 0.395 e. The van der Waals surface area contributed by atoms with Crippen molar-refractivity contribution in [1.82, 2.24) is 14.9 Å². The van der Waals surface area contributed by atoms with Crippen LogP contribution < -0.4 is 0 Å². The molecule has 0 aromatic carbocycles. The lowest BCUT2D eigenvalue weighted by atomic mass is 9.94. The first kappa shape index (κ1) is 12.5. The molecule has 4 heteroatoms. The van der Waals surface area contributed by atoms with E-state index in [2.05, 4.69) is 14.9 Å². The summed E-state index contributed by atoms with van der Waals surface area (Å²) in [5.74, 6) is 0.853. The average molecular weight is 235 g/mol. The van der Waals surface area contributed by atoms with Crippen LogP contribution in [-0.4, -0.2) is 39.2 Å². The molecule has 0 bridgehead atoms. The topological polar surface area (TPSA) is 49.2 Å². The van der Waals surface area contributed by atoms with Crippen LogP contribution in [0.3, 0.4) is 0 Å². The van der Waals surface area contributed by atoms with Crippen molar-refractivity contribution >= 4 is 0 Å². The van der Waals surface area contributed by atoms with Gasteiger partial charge in [-0.05, 0) is 18.9 Å². The Kier molecular flexibility index (Phi) is 4.88. The van der Waals surface area contributed by atoms with E-state index in [4.69, 9.17) is 5.11 Å². The fourth-order valence-electron chi connectivity index (χ4n) is 2.56. The molecule has 94 valence electrons. The lowest BCUT2D eigenvalue weighted by Crippen LogP contribution is -2.38. The minimum atomic E-state index is 0.212. The zero-order valence-electron chi connectivity index (χ0n) is 10.3. The summed E-state index contributed by atoms with van der Waals surface area (Å²) in [5.41, 5.74) is 0. The smallest absolute Gasteiger partial charge is 0.142 e. The molecule has 1 heterocycles. The summed E-state index contributed by atoms with van der Waals surface area (Å²) >= 11 is 0. The van der Waals surface area contributed by atoms with E-state index in [-0.39, 0.29) is 6.61 Å². The van der Waals surface area contributed by atoms with Gasteiger partial charge in [-0.3, -0.25) is 4.90 Å². The third-order valence-electron chi connectivity index (χ3n) is 3.44. The lowest BCUT2D eigenvalue weighted by molar-refractivity contribution is 0.114. The third kappa shape index (κ3) is 3.75. The molecule has 2 rings (SSSR count). The molecule has 0 aliphatic heterocycles. The van der Waals surface area contributed by atoms with E-state index in [1.807, 2.05) is 6.07 Å². The molecule has 1 aromatic heterocycles. The van der Waals surface area contributed by atoms with Crippen LogP contribution in [0.2, 0.25) is 0 Å². The fourth-order valence-corrected chi connectivity index (χ4v) is 2.56. The Morgan fingerprint density at radius 3 is 2.53 bits per heavy atom. The number of rotatable bonds is 5. The summed E-state index contributed by atoms with van der Waals surface area (Å²) in [6.45, 7) is 1.69. The van der Waals surface area contributed by atoms with Gasteiger partial charge in [0.2, 0.25) is 0 Å². The second kappa shape index (κ2) is 6.67. The highest BCUT2D eigenvalue weighted by molar-refractivity contribution is 4.90. The minimum Gasteiger partial charge on any atom is -0.395 e. The monoisotopic (exact) mass is 235 g/mol. The van der Waals surface area contributed by atoms with Gasteiger partial charge < -0.3 is 5.11 Å². The van der Waals surface area contributed by atoms with E-state index < -0.39 is 0 Å². The van der Waals surface area contributed by atoms with E-state index in [0.717, 1.165) is 18.9 Å². The highest BCUT2D eigenvalue weighted by atomic mass is 16.3. The number of aliphatic hydroxyl groups excluding tert-OH is 1. The lowest BCUT2D eigenvalue weighted by Gasteiger charge is -2.33. The van der Waals surface area contributed by atoms with Crippen LogP contribution in [0.15, 0.2) is 18.5 Å². The average Bonchev–Trinajstić information content (AvgIpc) is 2.40. The Hall–Kier alpha value is -1.00. The molecule has 1 aliphatic carbocycles. The molecule has 1 aliphatic rings. The zero-order valence-corrected chi connectivity index (χ0v) is 10.3. The van der Waals surface area contributed by atoms with Crippen LogP contribution in [0.25, 0.3) is 0 Å². The first-order valence-electron chi connectivity index (χ1n) is 6.51. The molecule has 0 radical (unpaired) electrons. The van der Waals surface area contributed by atoms with Crippen molar-refractivity contribution in [3.05, 3.63) is 24.3 Å². The first-order valence-corrected chi connectivity index (χ1v) is 6.51. The Morgan fingerprint density at radius 1 is 1.18 bits per heavy atom. The summed E-state index contributed by atoms with van der Waals surface area (Å²) in [5, 5.41) is 9.16. The van der Waals surface area contributed by atoms with E-state index in [9.17, 15) is 0 Å². The van der Waals surface area contributed by atoms with Gasteiger partial charge in [0.25, 0.3) is 0 Å². The van der Waals surface area contributed by atoms with Gasteiger partial charge in [-0.1, -0.05) is 19.3 Å². The van der Waals surface area contributed by atoms with E-state index >= 15 is 0 Å². The molecular formula is C13H21N3O. The Labute approximate surface area is 103 Å². The van der Waals surface area contributed by atoms with Crippen LogP contribution in [-0.2, 0) is 6.54 Å². The van der Waals surface area contributed by atoms with Gasteiger partial charge in [-0.2, -0.15) is 0 Å². The van der Waals surface area contributed by atoms with Crippen molar-refractivity contribution < 1.29 is 5.11 Å². The maximum Gasteiger partial charge on any atom is 0.142 e. The van der Waals surface area contributed by atoms with Crippen molar-refractivity contribution in [3.63, 3.8) is 0 Å². The van der Waals surface area contributed by atoms with Gasteiger partial charge in [0.1, 0.15) is 5.82 Å². The molecule has 1 N–H and O–H groups in total. The maximum absolute atomic E-state index is 9.16. The highest BCUT2D eigenvalue weighted by Crippen LogP contribution is 2.23. The summed E-state index contributed by atoms with van der Waals surface area (Å²) in [7, 11) is 0. The van der Waals surface area contributed by atoms with Gasteiger partial charge in [0.05, 0.1) is 13.2 Å². The minimum absolute atomic E-state index is 0.212. The van der Waals surface area contributed by atoms with Crippen molar-refractivity contribution in [2.24, 2.45) is 0 Å². The van der Waals surface area contributed by atoms with Gasteiger partial charge in [-0.15, -0.1) is 0 Å². The van der Waals surface area contributed by atoms with Crippen LogP contribution in [0, 0.1) is 0 Å². The molecule has 1 saturated carbocycles. The van der Waals surface area contributed by atoms with Crippen LogP contribution in [0.4, 0.5) is 0 Å². The number of hydrogen-bond acceptors (Lipinski definition) is 4. The molecule has 0 saturated heterocycles. The van der Waals surface area contributed by atoms with E-state index in [1.54, 1.807) is 12.4 Å². The normalized spacial score (nSPS) is 17.5. The van der Waals surface area contributed by atoms with Crippen LogP contribution in [0.1, 0.15) is 37.9 Å². The fraction of sp³-hybridized carbons (Fsp3) is 0.692. The van der Waals surface area contributed by atoms with Crippen molar-refractivity contribution in [2.75, 3.05) is 13.2 Å². The molecule has 0 unspecified atom stereocenters. The molecule has 0 amide bonds. The number of aromatic nitrogens is 2. The van der Waals surface area contributed by atoms with Crippen molar-refractivity contribution in [3.8, 4) is 0 Å². The second-order valence-electron chi connectivity index (χ2n) is 4.65. The highest BCUT2D eigenvalue weighted by Gasteiger charge is 2.21. The van der Waals surface area contributed by atoms with E-state index in [0.29, 0.717) is 6.04 Å². The summed E-state index contributed by atoms with van der Waals surface area (Å²) < 4.78 is 0. The molecule has 4 nitrogen and oxygen atoms in total. The molecular weight excluding hydrogens is 214 g/mol.